The van der Waals surface area contributed by atoms with E-state index < -0.39 is 34.2 Å². The van der Waals surface area contributed by atoms with E-state index in [-0.39, 0.29) is 16.9 Å². The van der Waals surface area contributed by atoms with Gasteiger partial charge in [-0.15, -0.1) is 0 Å². The van der Waals surface area contributed by atoms with Crippen molar-refractivity contribution in [3.63, 3.8) is 0 Å². The van der Waals surface area contributed by atoms with Gasteiger partial charge in [-0.3, -0.25) is 19.1 Å². The largest absolute Gasteiger partial charge is 0.452 e. The number of nitro groups is 1. The zero-order valence-electron chi connectivity index (χ0n) is 15.7. The maximum Gasteiger partial charge on any atom is 0.339 e. The summed E-state index contributed by atoms with van der Waals surface area (Å²) in [6, 6.07) is 9.16. The Bertz CT molecular complexity index is 957. The number of aryl methyl sites for hydroxylation is 2. The van der Waals surface area contributed by atoms with Gasteiger partial charge in [-0.25, -0.2) is 4.79 Å². The fourth-order valence-electron chi connectivity index (χ4n) is 2.44. The van der Waals surface area contributed by atoms with Crippen LogP contribution in [0.2, 0.25) is 0 Å². The molecule has 0 aliphatic carbocycles. The second-order valence-electron chi connectivity index (χ2n) is 5.97. The van der Waals surface area contributed by atoms with Gasteiger partial charge in [-0.1, -0.05) is 19.1 Å². The molecule has 1 N–H and O–H groups in total. The van der Waals surface area contributed by atoms with Crippen LogP contribution in [-0.4, -0.2) is 33.4 Å². The van der Waals surface area contributed by atoms with Gasteiger partial charge in [0.1, 0.15) is 5.69 Å². The van der Waals surface area contributed by atoms with E-state index >= 15 is 0 Å². The monoisotopic (exact) mass is 404 g/mol. The van der Waals surface area contributed by atoms with Crippen molar-refractivity contribution in [1.29, 1.82) is 0 Å². The predicted octanol–water partition coefficient (Wildman–Crippen LogP) is 3.13. The number of ether oxygens (including phenoxy) is 1. The molecule has 0 heterocycles. The lowest BCUT2D eigenvalue weighted by atomic mass is 10.1. The Morgan fingerprint density at radius 3 is 2.46 bits per heavy atom. The molecule has 2 rings (SSSR count). The topological polar surface area (TPSA) is 116 Å². The molecule has 148 valence electrons. The van der Waals surface area contributed by atoms with Gasteiger partial charge in [-0.2, -0.15) is 0 Å². The van der Waals surface area contributed by atoms with Crippen LogP contribution in [0.25, 0.3) is 0 Å². The maximum atomic E-state index is 12.3. The molecule has 28 heavy (non-hydrogen) atoms. The van der Waals surface area contributed by atoms with E-state index in [1.165, 1.54) is 18.2 Å². The van der Waals surface area contributed by atoms with Gasteiger partial charge in [0, 0.05) is 11.8 Å². The van der Waals surface area contributed by atoms with Crippen molar-refractivity contribution < 1.29 is 23.5 Å². The zero-order chi connectivity index (χ0) is 20.8. The van der Waals surface area contributed by atoms with Gasteiger partial charge in [-0.05, 0) is 43.2 Å². The molecule has 0 fully saturated rings. The number of amides is 1. The summed E-state index contributed by atoms with van der Waals surface area (Å²) in [4.78, 5) is 35.3. The van der Waals surface area contributed by atoms with Crippen molar-refractivity contribution in [2.45, 2.75) is 25.7 Å². The SMILES string of the molecule is CC[S@@](=O)c1ccccc1C(=O)OCC(=O)Nc1cc(C)c(C)cc1[N+](=O)[O-]. The van der Waals surface area contributed by atoms with Crippen LogP contribution < -0.4 is 5.32 Å². The van der Waals surface area contributed by atoms with Crippen LogP contribution in [0.1, 0.15) is 28.4 Å². The molecule has 8 nitrogen and oxygen atoms in total. The summed E-state index contributed by atoms with van der Waals surface area (Å²) >= 11 is 0. The van der Waals surface area contributed by atoms with Crippen molar-refractivity contribution in [3.8, 4) is 0 Å². The first-order chi connectivity index (χ1) is 13.2. The Hall–Kier alpha value is -3.07. The van der Waals surface area contributed by atoms with Crippen LogP contribution in [0.4, 0.5) is 11.4 Å². The standard InChI is InChI=1S/C19H20N2O6S/c1-4-28(26)17-8-6-5-7-14(17)19(23)27-11-18(22)20-15-9-12(2)13(3)10-16(15)21(24)25/h5-10H,4,11H2,1-3H3,(H,20,22)/t28-/m1/s1. The summed E-state index contributed by atoms with van der Waals surface area (Å²) in [5, 5.41) is 13.6. The zero-order valence-corrected chi connectivity index (χ0v) is 16.5. The number of hydrogen-bond acceptors (Lipinski definition) is 6. The molecule has 2 aromatic carbocycles. The van der Waals surface area contributed by atoms with E-state index in [2.05, 4.69) is 5.32 Å². The van der Waals surface area contributed by atoms with E-state index in [0.717, 1.165) is 11.1 Å². The van der Waals surface area contributed by atoms with Crippen LogP contribution in [0, 0.1) is 24.0 Å². The summed E-state index contributed by atoms with van der Waals surface area (Å²) in [5.41, 5.74) is 1.39. The van der Waals surface area contributed by atoms with Crippen molar-refractivity contribution in [2.75, 3.05) is 17.7 Å². The highest BCUT2D eigenvalue weighted by Gasteiger charge is 2.20. The fourth-order valence-corrected chi connectivity index (χ4v) is 3.37. The predicted molar refractivity (Wildman–Crippen MR) is 105 cm³/mol. The third-order valence-electron chi connectivity index (χ3n) is 4.03. The minimum absolute atomic E-state index is 0.0293. The first kappa shape index (κ1) is 21.2. The minimum Gasteiger partial charge on any atom is -0.452 e. The van der Waals surface area contributed by atoms with Gasteiger partial charge in [0.05, 0.1) is 26.2 Å². The highest BCUT2D eigenvalue weighted by molar-refractivity contribution is 7.85. The van der Waals surface area contributed by atoms with Gasteiger partial charge in [0.25, 0.3) is 11.6 Å². The van der Waals surface area contributed by atoms with Crippen LogP contribution >= 0.6 is 0 Å². The Morgan fingerprint density at radius 1 is 1.18 bits per heavy atom. The van der Waals surface area contributed by atoms with Gasteiger partial charge in [0.2, 0.25) is 0 Å². The summed E-state index contributed by atoms with van der Waals surface area (Å²) in [6.45, 7) is 4.59. The van der Waals surface area contributed by atoms with E-state index in [4.69, 9.17) is 4.74 Å². The minimum atomic E-state index is -1.36. The van der Waals surface area contributed by atoms with Crippen LogP contribution in [0.15, 0.2) is 41.3 Å². The third-order valence-corrected chi connectivity index (χ3v) is 5.40. The number of carbonyl (C=O) groups is 2. The molecule has 0 unspecified atom stereocenters. The van der Waals surface area contributed by atoms with Gasteiger partial charge >= 0.3 is 5.97 Å². The number of rotatable bonds is 7. The van der Waals surface area contributed by atoms with Crippen molar-refractivity contribution in [3.05, 3.63) is 63.2 Å². The Labute approximate surface area is 164 Å². The summed E-state index contributed by atoms with van der Waals surface area (Å²) in [5.74, 6) is -1.17. The molecular formula is C19H20N2O6S. The summed E-state index contributed by atoms with van der Waals surface area (Å²) in [7, 11) is -1.36. The number of esters is 1. The van der Waals surface area contributed by atoms with Crippen LogP contribution in [0.3, 0.4) is 0 Å². The molecule has 0 aliphatic heterocycles. The molecule has 0 spiro atoms. The lowest BCUT2D eigenvalue weighted by Crippen LogP contribution is -2.22. The normalized spacial score (nSPS) is 11.5. The fraction of sp³-hybridized carbons (Fsp3) is 0.263. The van der Waals surface area contributed by atoms with Crippen molar-refractivity contribution in [2.24, 2.45) is 0 Å². The van der Waals surface area contributed by atoms with E-state index in [1.54, 1.807) is 39.0 Å². The average Bonchev–Trinajstić information content (AvgIpc) is 2.67. The number of nitrogens with zero attached hydrogens (tertiary/aromatic N) is 1. The smallest absolute Gasteiger partial charge is 0.339 e. The second kappa shape index (κ2) is 9.23. The molecule has 1 amide bonds. The molecule has 1 atom stereocenters. The Morgan fingerprint density at radius 2 is 1.82 bits per heavy atom. The molecule has 0 aliphatic rings. The molecule has 2 aromatic rings. The summed E-state index contributed by atoms with van der Waals surface area (Å²) < 4.78 is 17.0. The van der Waals surface area contributed by atoms with Crippen LogP contribution in [0.5, 0.6) is 0 Å². The molecule has 9 heteroatoms. The average molecular weight is 404 g/mol. The highest BCUT2D eigenvalue weighted by Crippen LogP contribution is 2.27. The van der Waals surface area contributed by atoms with Gasteiger partial charge in [0.15, 0.2) is 6.61 Å². The van der Waals surface area contributed by atoms with E-state index in [9.17, 15) is 23.9 Å². The maximum absolute atomic E-state index is 12.3. The Kier molecular flexibility index (Phi) is 7.00. The second-order valence-corrected chi connectivity index (χ2v) is 7.67. The van der Waals surface area contributed by atoms with Gasteiger partial charge < -0.3 is 10.1 Å². The number of hydrogen-bond donors (Lipinski definition) is 1. The third kappa shape index (κ3) is 5.01. The molecule has 0 bridgehead atoms. The lowest BCUT2D eigenvalue weighted by Gasteiger charge is -2.10. The van der Waals surface area contributed by atoms with Crippen molar-refractivity contribution >= 4 is 34.1 Å². The molecular weight excluding hydrogens is 384 g/mol. The lowest BCUT2D eigenvalue weighted by molar-refractivity contribution is -0.384. The number of nitrogens with one attached hydrogen (secondary N) is 1. The quantitative estimate of drug-likeness (QED) is 0.431. The molecule has 0 aromatic heterocycles. The number of anilines is 1. The number of nitro benzene ring substituents is 1. The van der Waals surface area contributed by atoms with E-state index in [0.29, 0.717) is 10.6 Å². The number of benzene rings is 2. The summed E-state index contributed by atoms with van der Waals surface area (Å²) in [6.07, 6.45) is 0. The molecule has 0 saturated heterocycles. The van der Waals surface area contributed by atoms with Crippen molar-refractivity contribution in [1.82, 2.24) is 0 Å². The number of carbonyl (C=O) groups excluding carboxylic acids is 2. The highest BCUT2D eigenvalue weighted by atomic mass is 32.2. The van der Waals surface area contributed by atoms with Crippen LogP contribution in [-0.2, 0) is 20.3 Å². The van der Waals surface area contributed by atoms with E-state index in [1.807, 2.05) is 0 Å². The molecule has 0 radical (unpaired) electrons. The molecule has 0 saturated carbocycles. The Balaban J connectivity index is 2.10. The first-order valence-corrected chi connectivity index (χ1v) is 9.76. The first-order valence-electron chi connectivity index (χ1n) is 8.44.